The van der Waals surface area contributed by atoms with Crippen LogP contribution in [0.3, 0.4) is 0 Å². The Bertz CT molecular complexity index is 777. The molecule has 1 amide bonds. The summed E-state index contributed by atoms with van der Waals surface area (Å²) in [7, 11) is 0. The zero-order valence-corrected chi connectivity index (χ0v) is 11.3. The Kier molecular flexibility index (Phi) is 3.16. The van der Waals surface area contributed by atoms with Gasteiger partial charge in [-0.2, -0.15) is 5.10 Å². The molecule has 4 nitrogen and oxygen atoms in total. The average molecular weight is 286 g/mol. The van der Waals surface area contributed by atoms with Gasteiger partial charge in [-0.3, -0.25) is 4.79 Å². The van der Waals surface area contributed by atoms with Gasteiger partial charge in [0.15, 0.2) is 0 Å². The molecular weight excluding hydrogens is 274 g/mol. The van der Waals surface area contributed by atoms with Crippen LogP contribution in [0.4, 0.5) is 0 Å². The average Bonchev–Trinajstić information content (AvgIpc) is 2.89. The summed E-state index contributed by atoms with van der Waals surface area (Å²) >= 11 is 5.88. The van der Waals surface area contributed by atoms with E-state index >= 15 is 0 Å². The zero-order chi connectivity index (χ0) is 14.1. The van der Waals surface area contributed by atoms with Crippen LogP contribution < -0.4 is 5.73 Å². The van der Waals surface area contributed by atoms with E-state index in [-0.39, 0.29) is 5.69 Å². The normalized spacial score (nSPS) is 10.8. The van der Waals surface area contributed by atoms with Crippen molar-refractivity contribution in [1.29, 1.82) is 0 Å². The first kappa shape index (κ1) is 12.7. The summed E-state index contributed by atoms with van der Waals surface area (Å²) in [6.45, 7) is 0. The van der Waals surface area contributed by atoms with E-state index in [4.69, 9.17) is 17.3 Å². The van der Waals surface area contributed by atoms with Gasteiger partial charge >= 0.3 is 0 Å². The molecule has 0 saturated carbocycles. The molecule has 1 aromatic carbocycles. The standard InChI is InChI=1S/C15H12ClN3O/c16-12-5-3-10(4-6-12)8-11-9-13(15(17)20)18-19-7-1-2-14(11)19/h1-7,9H,8H2,(H2,17,20). The first-order chi connectivity index (χ1) is 9.63. The number of hydrogen-bond acceptors (Lipinski definition) is 2. The van der Waals surface area contributed by atoms with E-state index in [2.05, 4.69) is 5.10 Å². The van der Waals surface area contributed by atoms with E-state index in [9.17, 15) is 4.79 Å². The van der Waals surface area contributed by atoms with Crippen LogP contribution in [0.15, 0.2) is 48.7 Å². The minimum atomic E-state index is -0.530. The molecule has 3 rings (SSSR count). The van der Waals surface area contributed by atoms with Crippen LogP contribution in [0, 0.1) is 0 Å². The van der Waals surface area contributed by atoms with Crippen molar-refractivity contribution in [3.05, 3.63) is 70.5 Å². The predicted octanol–water partition coefficient (Wildman–Crippen LogP) is 2.68. The highest BCUT2D eigenvalue weighted by molar-refractivity contribution is 6.30. The predicted molar refractivity (Wildman–Crippen MR) is 78.0 cm³/mol. The second-order valence-corrected chi connectivity index (χ2v) is 5.00. The Hall–Kier alpha value is -2.33. The Morgan fingerprint density at radius 3 is 2.70 bits per heavy atom. The molecule has 0 bridgehead atoms. The molecule has 2 aromatic heterocycles. The van der Waals surface area contributed by atoms with Crippen LogP contribution in [0.2, 0.25) is 5.02 Å². The number of fused-ring (bicyclic) bond motifs is 1. The summed E-state index contributed by atoms with van der Waals surface area (Å²) in [6, 6.07) is 13.2. The maximum Gasteiger partial charge on any atom is 0.269 e. The summed E-state index contributed by atoms with van der Waals surface area (Å²) in [5.41, 5.74) is 8.66. The number of halogens is 1. The molecule has 0 aliphatic heterocycles. The van der Waals surface area contributed by atoms with Crippen LogP contribution in [-0.4, -0.2) is 15.5 Å². The van der Waals surface area contributed by atoms with E-state index in [0.29, 0.717) is 11.4 Å². The first-order valence-corrected chi connectivity index (χ1v) is 6.53. The van der Waals surface area contributed by atoms with Crippen LogP contribution in [0.1, 0.15) is 21.6 Å². The number of nitrogens with two attached hydrogens (primary N) is 1. The van der Waals surface area contributed by atoms with Crippen LogP contribution in [-0.2, 0) is 6.42 Å². The molecule has 0 fully saturated rings. The van der Waals surface area contributed by atoms with Crippen molar-refractivity contribution in [2.75, 3.05) is 0 Å². The third-order valence-electron chi connectivity index (χ3n) is 3.14. The molecule has 0 aliphatic carbocycles. The van der Waals surface area contributed by atoms with Crippen molar-refractivity contribution in [2.24, 2.45) is 5.73 Å². The first-order valence-electron chi connectivity index (χ1n) is 6.15. The smallest absolute Gasteiger partial charge is 0.269 e. The van der Waals surface area contributed by atoms with Crippen LogP contribution in [0.5, 0.6) is 0 Å². The van der Waals surface area contributed by atoms with E-state index in [1.165, 1.54) is 0 Å². The highest BCUT2D eigenvalue weighted by Crippen LogP contribution is 2.18. The van der Waals surface area contributed by atoms with Crippen molar-refractivity contribution in [2.45, 2.75) is 6.42 Å². The molecule has 0 saturated heterocycles. The van der Waals surface area contributed by atoms with Crippen LogP contribution >= 0.6 is 11.6 Å². The zero-order valence-electron chi connectivity index (χ0n) is 10.6. The van der Waals surface area contributed by atoms with Gasteiger partial charge in [-0.15, -0.1) is 0 Å². The number of aromatic nitrogens is 2. The summed E-state index contributed by atoms with van der Waals surface area (Å²) in [4.78, 5) is 11.3. The Labute approximate surface area is 120 Å². The fraction of sp³-hybridized carbons (Fsp3) is 0.0667. The molecule has 0 aliphatic rings. The number of carbonyl (C=O) groups excluding carboxylic acids is 1. The number of benzene rings is 1. The highest BCUT2D eigenvalue weighted by atomic mass is 35.5. The van der Waals surface area contributed by atoms with Gasteiger partial charge in [0.25, 0.3) is 5.91 Å². The van der Waals surface area contributed by atoms with Gasteiger partial charge in [-0.1, -0.05) is 23.7 Å². The van der Waals surface area contributed by atoms with Gasteiger partial charge in [0, 0.05) is 11.2 Å². The summed E-state index contributed by atoms with van der Waals surface area (Å²) in [5.74, 6) is -0.530. The molecule has 0 unspecified atom stereocenters. The van der Waals surface area contributed by atoms with Gasteiger partial charge < -0.3 is 5.73 Å². The molecule has 3 aromatic rings. The van der Waals surface area contributed by atoms with Crippen molar-refractivity contribution >= 4 is 23.0 Å². The van der Waals surface area contributed by atoms with Crippen molar-refractivity contribution in [3.8, 4) is 0 Å². The molecule has 0 atom stereocenters. The van der Waals surface area contributed by atoms with Gasteiger partial charge in [-0.05, 0) is 47.9 Å². The maximum atomic E-state index is 11.3. The maximum absolute atomic E-state index is 11.3. The Morgan fingerprint density at radius 1 is 1.25 bits per heavy atom. The summed E-state index contributed by atoms with van der Waals surface area (Å²) < 4.78 is 1.67. The molecular formula is C15H12ClN3O. The Morgan fingerprint density at radius 2 is 2.00 bits per heavy atom. The van der Waals surface area contributed by atoms with E-state index < -0.39 is 5.91 Å². The van der Waals surface area contributed by atoms with E-state index in [0.717, 1.165) is 16.6 Å². The quantitative estimate of drug-likeness (QED) is 0.804. The van der Waals surface area contributed by atoms with E-state index in [1.807, 2.05) is 36.4 Å². The van der Waals surface area contributed by atoms with Gasteiger partial charge in [-0.25, -0.2) is 4.52 Å². The second-order valence-electron chi connectivity index (χ2n) is 4.56. The van der Waals surface area contributed by atoms with Crippen molar-refractivity contribution in [3.63, 3.8) is 0 Å². The highest BCUT2D eigenvalue weighted by Gasteiger charge is 2.10. The number of hydrogen-bond donors (Lipinski definition) is 1. The van der Waals surface area contributed by atoms with Gasteiger partial charge in [0.1, 0.15) is 5.69 Å². The number of nitrogens with zero attached hydrogens (tertiary/aromatic N) is 2. The third-order valence-corrected chi connectivity index (χ3v) is 3.40. The van der Waals surface area contributed by atoms with Crippen molar-refractivity contribution in [1.82, 2.24) is 9.61 Å². The molecule has 20 heavy (non-hydrogen) atoms. The fourth-order valence-corrected chi connectivity index (χ4v) is 2.31. The summed E-state index contributed by atoms with van der Waals surface area (Å²) in [6.07, 6.45) is 2.49. The lowest BCUT2D eigenvalue weighted by molar-refractivity contribution is 0.0994. The van der Waals surface area contributed by atoms with Crippen LogP contribution in [0.25, 0.3) is 5.52 Å². The molecule has 5 heteroatoms. The molecule has 0 spiro atoms. The number of amides is 1. The molecule has 0 radical (unpaired) electrons. The molecule has 100 valence electrons. The second kappa shape index (κ2) is 4.98. The van der Waals surface area contributed by atoms with Crippen molar-refractivity contribution < 1.29 is 4.79 Å². The lowest BCUT2D eigenvalue weighted by Crippen LogP contribution is -2.15. The van der Waals surface area contributed by atoms with Gasteiger partial charge in [0.2, 0.25) is 0 Å². The third kappa shape index (κ3) is 2.38. The Balaban J connectivity index is 2.07. The minimum absolute atomic E-state index is 0.262. The summed E-state index contributed by atoms with van der Waals surface area (Å²) in [5, 5.41) is 4.88. The lowest BCUT2D eigenvalue weighted by Gasteiger charge is -2.07. The minimum Gasteiger partial charge on any atom is -0.364 e. The SMILES string of the molecule is NC(=O)c1cc(Cc2ccc(Cl)cc2)c2cccn2n1. The number of carbonyl (C=O) groups is 1. The fourth-order valence-electron chi connectivity index (χ4n) is 2.18. The number of primary amides is 1. The molecule has 2 heterocycles. The number of rotatable bonds is 3. The topological polar surface area (TPSA) is 60.4 Å². The molecule has 2 N–H and O–H groups in total. The monoisotopic (exact) mass is 285 g/mol. The van der Waals surface area contributed by atoms with Gasteiger partial charge in [0.05, 0.1) is 5.52 Å². The lowest BCUT2D eigenvalue weighted by atomic mass is 10.0. The largest absolute Gasteiger partial charge is 0.364 e. The van der Waals surface area contributed by atoms with E-state index in [1.54, 1.807) is 16.8 Å².